The monoisotopic (exact) mass is 273 g/mol. The highest BCUT2D eigenvalue weighted by molar-refractivity contribution is 7.89. The number of aromatic nitrogens is 2. The third kappa shape index (κ3) is 2.79. The minimum absolute atomic E-state index is 0.0585. The number of carbonyl (C=O) groups is 1. The molecule has 2 rings (SSSR count). The van der Waals surface area contributed by atoms with Crippen LogP contribution in [0.25, 0.3) is 0 Å². The van der Waals surface area contributed by atoms with E-state index in [1.54, 1.807) is 7.05 Å². The lowest BCUT2D eigenvalue weighted by atomic mass is 9.93. The Kier molecular flexibility index (Phi) is 3.26. The van der Waals surface area contributed by atoms with Crippen molar-refractivity contribution in [2.75, 3.05) is 5.32 Å². The van der Waals surface area contributed by atoms with Gasteiger partial charge in [-0.25, -0.2) is 18.4 Å². The molecule has 1 aliphatic rings. The Morgan fingerprint density at radius 1 is 1.56 bits per heavy atom. The maximum atomic E-state index is 11.6. The van der Waals surface area contributed by atoms with E-state index in [0.717, 1.165) is 19.3 Å². The first kappa shape index (κ1) is 12.8. The number of urea groups is 1. The second-order valence-electron chi connectivity index (χ2n) is 4.29. The number of rotatable bonds is 3. The number of hydrogen-bond donors (Lipinski definition) is 3. The number of nitrogens with two attached hydrogens (primary N) is 1. The van der Waals surface area contributed by atoms with Crippen LogP contribution in [-0.4, -0.2) is 30.3 Å². The first-order valence-corrected chi connectivity index (χ1v) is 7.05. The van der Waals surface area contributed by atoms with Gasteiger partial charge in [-0.3, -0.25) is 10.00 Å². The molecule has 0 bridgehead atoms. The molecule has 0 aliphatic heterocycles. The number of carbonyl (C=O) groups excluding carboxylic acids is 1. The smallest absolute Gasteiger partial charge is 0.320 e. The van der Waals surface area contributed by atoms with E-state index in [9.17, 15) is 13.2 Å². The van der Waals surface area contributed by atoms with Crippen LogP contribution in [0.15, 0.2) is 11.1 Å². The summed E-state index contributed by atoms with van der Waals surface area (Å²) in [7, 11) is -2.36. The zero-order valence-electron chi connectivity index (χ0n) is 9.88. The summed E-state index contributed by atoms with van der Waals surface area (Å²) in [5, 5.41) is 14.0. The first-order chi connectivity index (χ1) is 8.36. The Morgan fingerprint density at radius 3 is 2.72 bits per heavy atom. The molecule has 2 amide bonds. The molecule has 0 aromatic carbocycles. The van der Waals surface area contributed by atoms with Gasteiger partial charge in [0.25, 0.3) is 0 Å². The van der Waals surface area contributed by atoms with Gasteiger partial charge in [-0.15, -0.1) is 0 Å². The molecule has 0 atom stereocenters. The van der Waals surface area contributed by atoms with Gasteiger partial charge in [0.2, 0.25) is 10.0 Å². The number of anilines is 1. The van der Waals surface area contributed by atoms with Crippen LogP contribution in [-0.2, 0) is 17.1 Å². The van der Waals surface area contributed by atoms with Crippen molar-refractivity contribution in [3.05, 3.63) is 6.20 Å². The number of nitrogens with one attached hydrogen (secondary N) is 2. The van der Waals surface area contributed by atoms with Crippen LogP contribution in [0.2, 0.25) is 0 Å². The molecule has 1 aromatic heterocycles. The molecule has 1 heterocycles. The van der Waals surface area contributed by atoms with Gasteiger partial charge < -0.3 is 5.32 Å². The van der Waals surface area contributed by atoms with Crippen LogP contribution in [0.4, 0.5) is 10.6 Å². The van der Waals surface area contributed by atoms with Crippen molar-refractivity contribution in [3.63, 3.8) is 0 Å². The zero-order valence-corrected chi connectivity index (χ0v) is 10.7. The summed E-state index contributed by atoms with van der Waals surface area (Å²) in [5.41, 5.74) is 0. The molecule has 0 unspecified atom stereocenters. The van der Waals surface area contributed by atoms with E-state index in [0.29, 0.717) is 0 Å². The van der Waals surface area contributed by atoms with Crippen molar-refractivity contribution in [1.29, 1.82) is 0 Å². The normalized spacial score (nSPS) is 16.1. The van der Waals surface area contributed by atoms with Gasteiger partial charge in [0.1, 0.15) is 4.90 Å². The van der Waals surface area contributed by atoms with Crippen molar-refractivity contribution >= 4 is 21.9 Å². The molecular weight excluding hydrogens is 258 g/mol. The summed E-state index contributed by atoms with van der Waals surface area (Å²) in [6.07, 6.45) is 4.22. The highest BCUT2D eigenvalue weighted by atomic mass is 32.2. The van der Waals surface area contributed by atoms with E-state index in [2.05, 4.69) is 15.7 Å². The zero-order chi connectivity index (χ0) is 13.3. The molecule has 1 aromatic rings. The first-order valence-electron chi connectivity index (χ1n) is 5.50. The minimum Gasteiger partial charge on any atom is -0.335 e. The van der Waals surface area contributed by atoms with E-state index in [1.165, 1.54) is 10.9 Å². The molecule has 1 fully saturated rings. The maximum absolute atomic E-state index is 11.6. The van der Waals surface area contributed by atoms with Gasteiger partial charge in [0, 0.05) is 19.3 Å². The van der Waals surface area contributed by atoms with Crippen LogP contribution in [0, 0.1) is 0 Å². The molecule has 100 valence electrons. The van der Waals surface area contributed by atoms with Crippen molar-refractivity contribution in [1.82, 2.24) is 15.1 Å². The SMILES string of the molecule is Cn1cc(S(N)(=O)=O)c(NC(=O)NC2CCC2)n1. The van der Waals surface area contributed by atoms with E-state index >= 15 is 0 Å². The number of amides is 2. The second kappa shape index (κ2) is 4.58. The molecule has 0 saturated heterocycles. The van der Waals surface area contributed by atoms with Crippen LogP contribution in [0.3, 0.4) is 0 Å². The highest BCUT2D eigenvalue weighted by Crippen LogP contribution is 2.19. The molecule has 0 radical (unpaired) electrons. The summed E-state index contributed by atoms with van der Waals surface area (Å²) in [6, 6.07) is -0.310. The predicted molar refractivity (Wildman–Crippen MR) is 64.4 cm³/mol. The fourth-order valence-electron chi connectivity index (χ4n) is 1.64. The van der Waals surface area contributed by atoms with Crippen LogP contribution >= 0.6 is 0 Å². The molecule has 4 N–H and O–H groups in total. The van der Waals surface area contributed by atoms with E-state index in [4.69, 9.17) is 5.14 Å². The molecule has 18 heavy (non-hydrogen) atoms. The van der Waals surface area contributed by atoms with Gasteiger partial charge in [-0.2, -0.15) is 5.10 Å². The molecule has 8 nitrogen and oxygen atoms in total. The minimum atomic E-state index is -3.90. The standard InChI is InChI=1S/C9H15N5O3S/c1-14-5-7(18(10,16)17)8(13-14)12-9(15)11-6-3-2-4-6/h5-6H,2-4H2,1H3,(H2,10,16,17)(H2,11,12,13,15). The van der Waals surface area contributed by atoms with Gasteiger partial charge in [0.15, 0.2) is 5.82 Å². The van der Waals surface area contributed by atoms with Crippen LogP contribution in [0.1, 0.15) is 19.3 Å². The summed E-state index contributed by atoms with van der Waals surface area (Å²) in [5.74, 6) is -0.0585. The number of hydrogen-bond acceptors (Lipinski definition) is 4. The number of sulfonamides is 1. The Morgan fingerprint density at radius 2 is 2.22 bits per heavy atom. The van der Waals surface area contributed by atoms with Gasteiger partial charge >= 0.3 is 6.03 Å². The average Bonchev–Trinajstić information content (AvgIpc) is 2.53. The Balaban J connectivity index is 2.10. The lowest BCUT2D eigenvalue weighted by Crippen LogP contribution is -2.42. The van der Waals surface area contributed by atoms with Crippen molar-refractivity contribution < 1.29 is 13.2 Å². The lowest BCUT2D eigenvalue weighted by molar-refractivity contribution is 0.240. The predicted octanol–water partition coefficient (Wildman–Crippen LogP) is -0.258. The van der Waals surface area contributed by atoms with Crippen molar-refractivity contribution in [2.45, 2.75) is 30.2 Å². The topological polar surface area (TPSA) is 119 Å². The van der Waals surface area contributed by atoms with Crippen molar-refractivity contribution in [2.24, 2.45) is 12.2 Å². The largest absolute Gasteiger partial charge is 0.335 e. The van der Waals surface area contributed by atoms with E-state index in [-0.39, 0.29) is 16.8 Å². The Hall–Kier alpha value is -1.61. The van der Waals surface area contributed by atoms with Gasteiger partial charge in [-0.1, -0.05) is 0 Å². The summed E-state index contributed by atoms with van der Waals surface area (Å²) < 4.78 is 23.9. The third-order valence-electron chi connectivity index (χ3n) is 2.77. The van der Waals surface area contributed by atoms with Gasteiger partial charge in [-0.05, 0) is 19.3 Å². The fourth-order valence-corrected chi connectivity index (χ4v) is 2.30. The van der Waals surface area contributed by atoms with Crippen LogP contribution in [0.5, 0.6) is 0 Å². The number of primary sulfonamides is 1. The maximum Gasteiger partial charge on any atom is 0.320 e. The summed E-state index contributed by atoms with van der Waals surface area (Å²) in [6.45, 7) is 0. The average molecular weight is 273 g/mol. The highest BCUT2D eigenvalue weighted by Gasteiger charge is 2.23. The van der Waals surface area contributed by atoms with E-state index in [1.807, 2.05) is 0 Å². The van der Waals surface area contributed by atoms with Crippen molar-refractivity contribution in [3.8, 4) is 0 Å². The lowest BCUT2D eigenvalue weighted by Gasteiger charge is -2.26. The second-order valence-corrected chi connectivity index (χ2v) is 5.82. The number of aryl methyl sites for hydroxylation is 1. The quantitative estimate of drug-likeness (QED) is 0.703. The Bertz CT molecular complexity index is 561. The van der Waals surface area contributed by atoms with Gasteiger partial charge in [0.05, 0.1) is 0 Å². The molecule has 9 heteroatoms. The molecule has 1 aliphatic carbocycles. The molecule has 0 spiro atoms. The summed E-state index contributed by atoms with van der Waals surface area (Å²) in [4.78, 5) is 11.4. The molecular formula is C9H15N5O3S. The number of nitrogens with zero attached hydrogens (tertiary/aromatic N) is 2. The fraction of sp³-hybridized carbons (Fsp3) is 0.556. The molecule has 1 saturated carbocycles. The third-order valence-corrected chi connectivity index (χ3v) is 3.69. The van der Waals surface area contributed by atoms with Crippen LogP contribution < -0.4 is 15.8 Å². The van der Waals surface area contributed by atoms with E-state index < -0.39 is 16.1 Å². The Labute approximate surface area is 105 Å². The summed E-state index contributed by atoms with van der Waals surface area (Å²) >= 11 is 0.